The second-order valence-electron chi connectivity index (χ2n) is 3.10. The van der Waals surface area contributed by atoms with Crippen molar-refractivity contribution in [3.8, 4) is 23.5 Å². The van der Waals surface area contributed by atoms with Crippen LogP contribution in [0.3, 0.4) is 0 Å². The molecule has 1 unspecified atom stereocenters. The van der Waals surface area contributed by atoms with Crippen LogP contribution in [0.4, 0.5) is 13.2 Å². The van der Waals surface area contributed by atoms with Gasteiger partial charge in [0.15, 0.2) is 0 Å². The Morgan fingerprint density at radius 2 is 1.93 bits per heavy atom. The monoisotopic (exact) mass is 214 g/mol. The molecule has 2 aliphatic rings. The van der Waals surface area contributed by atoms with Crippen LogP contribution in [0.1, 0.15) is 12.5 Å². The van der Waals surface area contributed by atoms with Crippen molar-refractivity contribution >= 4 is 0 Å². The molecule has 0 amide bonds. The summed E-state index contributed by atoms with van der Waals surface area (Å²) in [4.78, 5) is 0. The Hall–Kier alpha value is -1.47. The summed E-state index contributed by atoms with van der Waals surface area (Å²) in [5.41, 5.74) is 0.599. The van der Waals surface area contributed by atoms with E-state index in [2.05, 4.69) is 12.3 Å². The van der Waals surface area contributed by atoms with E-state index in [1.807, 2.05) is 0 Å². The molecule has 15 heavy (non-hydrogen) atoms. The van der Waals surface area contributed by atoms with Crippen LogP contribution in [0.15, 0.2) is 18.2 Å². The molecule has 0 radical (unpaired) electrons. The molecule has 0 aromatic carbocycles. The van der Waals surface area contributed by atoms with Crippen LogP contribution in [0, 0.1) is 12.3 Å². The molecule has 0 spiro atoms. The molecule has 1 nitrogen and oxygen atoms in total. The van der Waals surface area contributed by atoms with Crippen molar-refractivity contribution in [2.45, 2.75) is 19.2 Å². The zero-order chi connectivity index (χ0) is 11.6. The first-order valence-corrected chi connectivity index (χ1v) is 4.22. The lowest BCUT2D eigenvalue weighted by Crippen LogP contribution is -2.02. The van der Waals surface area contributed by atoms with Gasteiger partial charge in [-0.15, -0.1) is 6.42 Å². The van der Waals surface area contributed by atoms with Crippen LogP contribution in [-0.4, -0.2) is 11.2 Å². The van der Waals surface area contributed by atoms with E-state index in [-0.39, 0.29) is 0 Å². The number of hydrogen-bond acceptors (Lipinski definition) is 1. The summed E-state index contributed by atoms with van der Waals surface area (Å²) >= 11 is 0. The maximum Gasteiger partial charge on any atom is 0.417 e. The molecule has 80 valence electrons. The zero-order valence-electron chi connectivity index (χ0n) is 7.97. The molecule has 1 atom stereocenters. The first-order valence-electron chi connectivity index (χ1n) is 4.22. The normalized spacial score (nSPS) is 13.3. The van der Waals surface area contributed by atoms with E-state index in [4.69, 9.17) is 5.11 Å². The van der Waals surface area contributed by atoms with Crippen LogP contribution in [-0.2, 0) is 6.18 Å². The molecule has 4 heteroatoms. The molecule has 0 bridgehead atoms. The number of alkyl halides is 3. The van der Waals surface area contributed by atoms with Crippen molar-refractivity contribution in [3.63, 3.8) is 0 Å². The minimum absolute atomic E-state index is 0.368. The Labute approximate surface area is 85.5 Å². The second kappa shape index (κ2) is 3.95. The molecule has 2 aliphatic carbocycles. The Morgan fingerprint density at radius 3 is 2.07 bits per heavy atom. The topological polar surface area (TPSA) is 20.2 Å². The number of hydrogen-bond donors (Lipinski definition) is 1. The number of fused-ring (bicyclic) bond motifs is 1. The molecule has 0 saturated carbocycles. The number of aliphatic hydroxyl groups is 1. The number of terminal acetylenes is 1. The van der Waals surface area contributed by atoms with Gasteiger partial charge in [-0.25, -0.2) is 0 Å². The lowest BCUT2D eigenvalue weighted by molar-refractivity contribution is -0.136. The van der Waals surface area contributed by atoms with Crippen LogP contribution in [0.2, 0.25) is 0 Å². The number of halogens is 3. The van der Waals surface area contributed by atoms with Crippen molar-refractivity contribution in [1.82, 2.24) is 0 Å². The molecule has 0 aliphatic heterocycles. The van der Waals surface area contributed by atoms with Crippen LogP contribution in [0.5, 0.6) is 0 Å². The Morgan fingerprint density at radius 1 is 1.40 bits per heavy atom. The third kappa shape index (κ3) is 3.00. The van der Waals surface area contributed by atoms with Gasteiger partial charge in [0.2, 0.25) is 0 Å². The molecular formula is C11H9F3O. The molecule has 2 rings (SSSR count). The van der Waals surface area contributed by atoms with Crippen LogP contribution >= 0.6 is 0 Å². The summed E-state index contributed by atoms with van der Waals surface area (Å²) < 4.78 is 35.7. The summed E-state index contributed by atoms with van der Waals surface area (Å²) in [6, 6.07) is 4.13. The first-order chi connectivity index (χ1) is 6.86. The Kier molecular flexibility index (Phi) is 3.06. The van der Waals surface area contributed by atoms with Gasteiger partial charge < -0.3 is 5.11 Å². The summed E-state index contributed by atoms with van der Waals surface area (Å²) in [5.74, 6) is 2.08. The average Bonchev–Trinajstić information content (AvgIpc) is 2.75. The fourth-order valence-electron chi connectivity index (χ4n) is 1.00. The maximum atomic E-state index is 11.9. The van der Waals surface area contributed by atoms with Crippen molar-refractivity contribution in [2.75, 3.05) is 0 Å². The Bertz CT molecular complexity index is 399. The van der Waals surface area contributed by atoms with Gasteiger partial charge in [-0.2, -0.15) is 13.2 Å². The number of rotatable bonds is 0. The van der Waals surface area contributed by atoms with Crippen molar-refractivity contribution in [1.29, 1.82) is 0 Å². The third-order valence-corrected chi connectivity index (χ3v) is 1.79. The largest absolute Gasteiger partial charge is 0.417 e. The van der Waals surface area contributed by atoms with Gasteiger partial charge in [-0.3, -0.25) is 0 Å². The van der Waals surface area contributed by atoms with E-state index in [1.165, 1.54) is 12.1 Å². The van der Waals surface area contributed by atoms with E-state index >= 15 is 0 Å². The van der Waals surface area contributed by atoms with Crippen LogP contribution < -0.4 is 0 Å². The molecule has 0 saturated heterocycles. The van der Waals surface area contributed by atoms with Gasteiger partial charge in [0, 0.05) is 0 Å². The quantitative estimate of drug-likeness (QED) is 0.668. The van der Waals surface area contributed by atoms with Gasteiger partial charge in [0.05, 0.1) is 5.56 Å². The molecule has 0 aromatic heterocycles. The number of aliphatic hydroxyl groups excluding tert-OH is 1. The highest BCUT2D eigenvalue weighted by Gasteiger charge is 2.37. The third-order valence-electron chi connectivity index (χ3n) is 1.79. The zero-order valence-corrected chi connectivity index (χ0v) is 7.97. The smallest absolute Gasteiger partial charge is 0.381 e. The predicted octanol–water partition coefficient (Wildman–Crippen LogP) is 2.69. The first kappa shape index (κ1) is 11.6. The molecular weight excluding hydrogens is 205 g/mol. The summed E-state index contributed by atoms with van der Waals surface area (Å²) in [6.45, 7) is 1.54. The van der Waals surface area contributed by atoms with Crippen molar-refractivity contribution in [2.24, 2.45) is 0 Å². The molecule has 0 heterocycles. The van der Waals surface area contributed by atoms with Gasteiger partial charge in [0.25, 0.3) is 0 Å². The molecule has 1 N–H and O–H groups in total. The van der Waals surface area contributed by atoms with Crippen molar-refractivity contribution in [3.05, 3.63) is 23.8 Å². The lowest BCUT2D eigenvalue weighted by atomic mass is 10.3. The lowest BCUT2D eigenvalue weighted by Gasteiger charge is -2.01. The van der Waals surface area contributed by atoms with E-state index in [1.54, 1.807) is 6.92 Å². The fourth-order valence-corrected chi connectivity index (χ4v) is 1.00. The summed E-state index contributed by atoms with van der Waals surface area (Å²) in [6.07, 6.45) is -0.0828. The molecule has 0 aromatic rings. The standard InChI is InChI=1S/C7H3F3.C4H6O/c8-7(9,10)6-2-1-4-3-5(4)6;1-3-4(2)5/h1-3H;1,4-5H,2H3. The minimum atomic E-state index is -4.17. The maximum absolute atomic E-state index is 11.9. The van der Waals surface area contributed by atoms with Crippen molar-refractivity contribution < 1.29 is 18.3 Å². The highest BCUT2D eigenvalue weighted by atomic mass is 19.4. The van der Waals surface area contributed by atoms with E-state index < -0.39 is 17.8 Å². The summed E-state index contributed by atoms with van der Waals surface area (Å²) in [7, 11) is 0. The second-order valence-corrected chi connectivity index (χ2v) is 3.10. The SMILES string of the molecule is C#CC(C)O.FC(F)(F)c1ccc2cc1-2. The predicted molar refractivity (Wildman–Crippen MR) is 51.0 cm³/mol. The van der Waals surface area contributed by atoms with E-state index in [9.17, 15) is 13.2 Å². The average molecular weight is 214 g/mol. The highest BCUT2D eigenvalue weighted by molar-refractivity contribution is 5.85. The van der Waals surface area contributed by atoms with E-state index in [0.717, 1.165) is 11.6 Å². The van der Waals surface area contributed by atoms with Gasteiger partial charge >= 0.3 is 6.18 Å². The van der Waals surface area contributed by atoms with Gasteiger partial charge in [-0.05, 0) is 30.2 Å². The van der Waals surface area contributed by atoms with Gasteiger partial charge in [0.1, 0.15) is 6.10 Å². The highest BCUT2D eigenvalue weighted by Crippen LogP contribution is 2.45. The van der Waals surface area contributed by atoms with Crippen LogP contribution in [0.25, 0.3) is 11.1 Å². The number of benzene rings is 1. The summed E-state index contributed by atoms with van der Waals surface area (Å²) in [5, 5.41) is 8.12. The fraction of sp³-hybridized carbons (Fsp3) is 0.273. The Balaban J connectivity index is 0.000000195. The van der Waals surface area contributed by atoms with E-state index in [0.29, 0.717) is 5.56 Å². The molecule has 0 fully saturated rings. The minimum Gasteiger partial charge on any atom is -0.381 e. The van der Waals surface area contributed by atoms with Gasteiger partial charge in [-0.1, -0.05) is 12.0 Å².